The Kier molecular flexibility index (Phi) is 7.25. The van der Waals surface area contributed by atoms with Crippen molar-refractivity contribution in [1.29, 1.82) is 0 Å². The van der Waals surface area contributed by atoms with Crippen molar-refractivity contribution in [3.63, 3.8) is 0 Å². The molecule has 1 aliphatic heterocycles. The molecule has 2 aromatic rings. The van der Waals surface area contributed by atoms with Crippen molar-refractivity contribution in [3.05, 3.63) is 64.7 Å². The minimum atomic E-state index is -3.51. The lowest BCUT2D eigenvalue weighted by atomic mass is 10.1. The number of hydrogen-bond donors (Lipinski definition) is 1. The molecule has 0 unspecified atom stereocenters. The van der Waals surface area contributed by atoms with E-state index in [2.05, 4.69) is 10.5 Å². The fourth-order valence-corrected chi connectivity index (χ4v) is 4.68. The average molecular weight is 449 g/mol. The highest BCUT2D eigenvalue weighted by Gasteiger charge is 2.28. The molecule has 2 aromatic carbocycles. The molecular weight excluding hydrogens is 424 g/mol. The molecule has 0 radical (unpaired) electrons. The first kappa shape index (κ1) is 22.4. The number of nitrogens with zero attached hydrogens (tertiary/aromatic N) is 3. The van der Waals surface area contributed by atoms with E-state index >= 15 is 0 Å². The first-order valence-corrected chi connectivity index (χ1v) is 11.5. The number of hydrogen-bond acceptors (Lipinski definition) is 5. The standard InChI is InChI=1S/C21H25ClN4O3S/c1-16-3-9-20(10-4-16)30(28,29)26-13-11-25(12-14-26)15-21(27)24-23-17(2)18-5-7-19(22)8-6-18/h3-10H,11-15H2,1-2H3,(H,24,27)/b23-17-. The zero-order valence-corrected chi connectivity index (χ0v) is 18.6. The van der Waals surface area contributed by atoms with Crippen LogP contribution in [0.3, 0.4) is 0 Å². The molecule has 3 rings (SSSR count). The second-order valence-corrected chi connectivity index (χ2v) is 9.61. The number of hydrazone groups is 1. The Morgan fingerprint density at radius 1 is 1.03 bits per heavy atom. The Balaban J connectivity index is 1.50. The van der Waals surface area contributed by atoms with Crippen molar-refractivity contribution in [2.24, 2.45) is 5.10 Å². The fraction of sp³-hybridized carbons (Fsp3) is 0.333. The molecule has 0 aromatic heterocycles. The molecule has 0 aliphatic carbocycles. The van der Waals surface area contributed by atoms with Gasteiger partial charge in [-0.15, -0.1) is 0 Å². The predicted octanol–water partition coefficient (Wildman–Crippen LogP) is 2.50. The smallest absolute Gasteiger partial charge is 0.254 e. The quantitative estimate of drug-likeness (QED) is 0.543. The fourth-order valence-electron chi connectivity index (χ4n) is 3.13. The van der Waals surface area contributed by atoms with Crippen molar-refractivity contribution >= 4 is 33.2 Å². The van der Waals surface area contributed by atoms with Crippen LogP contribution in [0, 0.1) is 6.92 Å². The van der Waals surface area contributed by atoms with Gasteiger partial charge in [-0.1, -0.05) is 41.4 Å². The maximum atomic E-state index is 12.8. The van der Waals surface area contributed by atoms with E-state index in [1.54, 1.807) is 43.3 Å². The summed E-state index contributed by atoms with van der Waals surface area (Å²) in [6.07, 6.45) is 0. The highest BCUT2D eigenvalue weighted by molar-refractivity contribution is 7.89. The molecule has 1 aliphatic rings. The number of aryl methyl sites for hydroxylation is 1. The van der Waals surface area contributed by atoms with Gasteiger partial charge in [0.1, 0.15) is 0 Å². The number of halogens is 1. The lowest BCUT2D eigenvalue weighted by Crippen LogP contribution is -2.50. The van der Waals surface area contributed by atoms with E-state index in [0.29, 0.717) is 41.8 Å². The number of rotatable bonds is 6. The lowest BCUT2D eigenvalue weighted by Gasteiger charge is -2.33. The molecule has 0 bridgehead atoms. The van der Waals surface area contributed by atoms with Crippen LogP contribution in [-0.4, -0.2) is 62.0 Å². The van der Waals surface area contributed by atoms with Gasteiger partial charge in [-0.3, -0.25) is 9.69 Å². The Hall–Kier alpha value is -2.26. The van der Waals surface area contributed by atoms with Crippen LogP contribution in [0.5, 0.6) is 0 Å². The van der Waals surface area contributed by atoms with Crippen LogP contribution >= 0.6 is 11.6 Å². The normalized spacial score (nSPS) is 16.4. The van der Waals surface area contributed by atoms with E-state index in [4.69, 9.17) is 11.6 Å². The van der Waals surface area contributed by atoms with Gasteiger partial charge in [0, 0.05) is 31.2 Å². The summed E-state index contributed by atoms with van der Waals surface area (Å²) in [5.41, 5.74) is 5.12. The van der Waals surface area contributed by atoms with Crippen LogP contribution in [0.25, 0.3) is 0 Å². The number of piperazine rings is 1. The molecule has 1 amide bonds. The van der Waals surface area contributed by atoms with Gasteiger partial charge >= 0.3 is 0 Å². The third-order valence-electron chi connectivity index (χ3n) is 4.97. The van der Waals surface area contributed by atoms with Crippen LogP contribution in [-0.2, 0) is 14.8 Å². The van der Waals surface area contributed by atoms with Crippen LogP contribution < -0.4 is 5.43 Å². The SMILES string of the molecule is C/C(=N/NC(=O)CN1CCN(S(=O)(=O)c2ccc(C)cc2)CC1)c1ccc(Cl)cc1. The van der Waals surface area contributed by atoms with E-state index in [-0.39, 0.29) is 12.5 Å². The molecule has 1 N–H and O–H groups in total. The highest BCUT2D eigenvalue weighted by atomic mass is 35.5. The van der Waals surface area contributed by atoms with Crippen molar-refractivity contribution in [3.8, 4) is 0 Å². The van der Waals surface area contributed by atoms with Crippen molar-refractivity contribution < 1.29 is 13.2 Å². The molecular formula is C21H25ClN4O3S. The van der Waals surface area contributed by atoms with E-state index in [9.17, 15) is 13.2 Å². The largest absolute Gasteiger partial charge is 0.292 e. The number of benzene rings is 2. The summed E-state index contributed by atoms with van der Waals surface area (Å²) in [6.45, 7) is 5.54. The van der Waals surface area contributed by atoms with Gasteiger partial charge in [0.25, 0.3) is 5.91 Å². The minimum absolute atomic E-state index is 0.163. The van der Waals surface area contributed by atoms with E-state index < -0.39 is 10.0 Å². The van der Waals surface area contributed by atoms with Crippen molar-refractivity contribution in [2.75, 3.05) is 32.7 Å². The van der Waals surface area contributed by atoms with Gasteiger partial charge in [-0.2, -0.15) is 9.41 Å². The number of amides is 1. The number of carbonyl (C=O) groups excluding carboxylic acids is 1. The summed E-state index contributed by atoms with van der Waals surface area (Å²) in [5.74, 6) is -0.238. The molecule has 1 fully saturated rings. The minimum Gasteiger partial charge on any atom is -0.292 e. The zero-order valence-electron chi connectivity index (χ0n) is 17.0. The van der Waals surface area contributed by atoms with Crippen molar-refractivity contribution in [2.45, 2.75) is 18.7 Å². The first-order chi connectivity index (χ1) is 14.3. The summed E-state index contributed by atoms with van der Waals surface area (Å²) in [4.78, 5) is 14.4. The summed E-state index contributed by atoms with van der Waals surface area (Å²) in [6, 6.07) is 14.0. The molecule has 0 spiro atoms. The Morgan fingerprint density at radius 2 is 1.63 bits per heavy atom. The summed E-state index contributed by atoms with van der Waals surface area (Å²) in [7, 11) is -3.51. The Morgan fingerprint density at radius 3 is 2.23 bits per heavy atom. The molecule has 1 saturated heterocycles. The molecule has 9 heteroatoms. The first-order valence-electron chi connectivity index (χ1n) is 9.64. The molecule has 160 valence electrons. The van der Waals surface area contributed by atoms with Crippen LogP contribution in [0.1, 0.15) is 18.1 Å². The summed E-state index contributed by atoms with van der Waals surface area (Å²) >= 11 is 5.88. The predicted molar refractivity (Wildman–Crippen MR) is 118 cm³/mol. The molecule has 1 heterocycles. The van der Waals surface area contributed by atoms with Gasteiger partial charge in [-0.25, -0.2) is 13.8 Å². The Bertz CT molecular complexity index is 1010. The second-order valence-electron chi connectivity index (χ2n) is 7.23. The zero-order chi connectivity index (χ0) is 21.7. The van der Waals surface area contributed by atoms with Crippen molar-refractivity contribution in [1.82, 2.24) is 14.6 Å². The number of sulfonamides is 1. The third-order valence-corrected chi connectivity index (χ3v) is 7.13. The molecule has 0 saturated carbocycles. The monoisotopic (exact) mass is 448 g/mol. The lowest BCUT2D eigenvalue weighted by molar-refractivity contribution is -0.122. The Labute approximate surface area is 182 Å². The van der Waals surface area contributed by atoms with Gasteiger partial charge in [0.2, 0.25) is 10.0 Å². The third kappa shape index (κ3) is 5.66. The summed E-state index contributed by atoms with van der Waals surface area (Å²) < 4.78 is 27.0. The van der Waals surface area contributed by atoms with E-state index in [1.807, 2.05) is 24.0 Å². The van der Waals surface area contributed by atoms with E-state index in [1.165, 1.54) is 4.31 Å². The highest BCUT2D eigenvalue weighted by Crippen LogP contribution is 2.18. The average Bonchev–Trinajstić information content (AvgIpc) is 2.73. The van der Waals surface area contributed by atoms with Gasteiger partial charge in [-0.05, 0) is 43.7 Å². The topological polar surface area (TPSA) is 82.1 Å². The maximum Gasteiger partial charge on any atom is 0.254 e. The number of carbonyl (C=O) groups is 1. The molecule has 30 heavy (non-hydrogen) atoms. The molecule has 7 nitrogen and oxygen atoms in total. The second kappa shape index (κ2) is 9.70. The van der Waals surface area contributed by atoms with Crippen LogP contribution in [0.4, 0.5) is 0 Å². The van der Waals surface area contributed by atoms with Gasteiger partial charge in [0.15, 0.2) is 0 Å². The summed E-state index contributed by atoms with van der Waals surface area (Å²) in [5, 5.41) is 4.77. The molecule has 0 atom stereocenters. The van der Waals surface area contributed by atoms with Crippen LogP contribution in [0.2, 0.25) is 5.02 Å². The van der Waals surface area contributed by atoms with Gasteiger partial charge in [0.05, 0.1) is 17.2 Å². The number of nitrogens with one attached hydrogen (secondary N) is 1. The van der Waals surface area contributed by atoms with Gasteiger partial charge < -0.3 is 0 Å². The van der Waals surface area contributed by atoms with Crippen LogP contribution in [0.15, 0.2) is 58.5 Å². The van der Waals surface area contributed by atoms with E-state index in [0.717, 1.165) is 11.1 Å². The maximum absolute atomic E-state index is 12.8.